The van der Waals surface area contributed by atoms with Crippen molar-refractivity contribution >= 4 is 5.69 Å². The van der Waals surface area contributed by atoms with Crippen LogP contribution in [0.15, 0.2) is 24.3 Å². The molecule has 0 radical (unpaired) electrons. The predicted molar refractivity (Wildman–Crippen MR) is 67.5 cm³/mol. The van der Waals surface area contributed by atoms with Gasteiger partial charge in [-0.05, 0) is 49.9 Å². The van der Waals surface area contributed by atoms with Gasteiger partial charge in [-0.2, -0.15) is 0 Å². The number of nitrogens with zero attached hydrogens (tertiary/aromatic N) is 1. The van der Waals surface area contributed by atoms with Crippen molar-refractivity contribution in [2.45, 2.75) is 43.9 Å². The van der Waals surface area contributed by atoms with Crippen LogP contribution in [0, 0.1) is 0 Å². The van der Waals surface area contributed by atoms with Crippen molar-refractivity contribution in [1.82, 2.24) is 0 Å². The topological polar surface area (TPSA) is 32.7 Å². The fourth-order valence-corrected chi connectivity index (χ4v) is 3.32. The molecule has 3 nitrogen and oxygen atoms in total. The second-order valence-corrected chi connectivity index (χ2v) is 5.12. The molecule has 2 aliphatic rings. The molecule has 2 bridgehead atoms. The molecule has 2 fully saturated rings. The molecule has 2 atom stereocenters. The summed E-state index contributed by atoms with van der Waals surface area (Å²) in [5, 5.41) is 9.79. The molecule has 0 aromatic heterocycles. The number of rotatable bonds is 2. The summed E-state index contributed by atoms with van der Waals surface area (Å²) >= 11 is 0. The molecular formula is C14H19NO2. The molecule has 17 heavy (non-hydrogen) atoms. The van der Waals surface area contributed by atoms with Crippen molar-refractivity contribution in [3.63, 3.8) is 0 Å². The monoisotopic (exact) mass is 233 g/mol. The van der Waals surface area contributed by atoms with Crippen molar-refractivity contribution in [2.75, 3.05) is 12.0 Å². The van der Waals surface area contributed by atoms with E-state index in [1.54, 1.807) is 7.11 Å². The van der Waals surface area contributed by atoms with Crippen molar-refractivity contribution in [3.05, 3.63) is 24.3 Å². The highest BCUT2D eigenvalue weighted by Gasteiger charge is 2.40. The van der Waals surface area contributed by atoms with Gasteiger partial charge in [-0.15, -0.1) is 0 Å². The number of methoxy groups -OCH3 is 1. The van der Waals surface area contributed by atoms with Gasteiger partial charge in [-0.25, -0.2) is 0 Å². The lowest BCUT2D eigenvalue weighted by Gasteiger charge is -2.39. The Balaban J connectivity index is 1.84. The van der Waals surface area contributed by atoms with E-state index in [1.165, 1.54) is 18.5 Å². The normalized spacial score (nSPS) is 31.6. The number of piperidine rings is 1. The Morgan fingerprint density at radius 1 is 1.12 bits per heavy atom. The number of benzene rings is 1. The number of hydrogen-bond acceptors (Lipinski definition) is 3. The molecule has 1 aromatic carbocycles. The SMILES string of the molecule is COc1ccc(N2C3CCC2CC(O)C3)cc1. The summed E-state index contributed by atoms with van der Waals surface area (Å²) in [6.07, 6.45) is 4.18. The Kier molecular flexibility index (Phi) is 2.71. The zero-order valence-corrected chi connectivity index (χ0v) is 10.2. The van der Waals surface area contributed by atoms with E-state index >= 15 is 0 Å². The van der Waals surface area contributed by atoms with Crippen LogP contribution in [0.1, 0.15) is 25.7 Å². The van der Waals surface area contributed by atoms with Gasteiger partial charge in [0.25, 0.3) is 0 Å². The number of fused-ring (bicyclic) bond motifs is 2. The number of ether oxygens (including phenoxy) is 1. The fraction of sp³-hybridized carbons (Fsp3) is 0.571. The van der Waals surface area contributed by atoms with E-state index in [0.717, 1.165) is 18.6 Å². The van der Waals surface area contributed by atoms with Gasteiger partial charge in [0.2, 0.25) is 0 Å². The maximum atomic E-state index is 9.79. The van der Waals surface area contributed by atoms with Gasteiger partial charge < -0.3 is 14.7 Å². The average Bonchev–Trinajstić information content (AvgIpc) is 2.62. The van der Waals surface area contributed by atoms with Crippen LogP contribution in [0.4, 0.5) is 5.69 Å². The molecule has 1 aromatic rings. The van der Waals surface area contributed by atoms with Crippen LogP contribution >= 0.6 is 0 Å². The van der Waals surface area contributed by atoms with E-state index in [4.69, 9.17) is 4.74 Å². The van der Waals surface area contributed by atoms with Crippen LogP contribution in [0.25, 0.3) is 0 Å². The van der Waals surface area contributed by atoms with E-state index in [1.807, 2.05) is 12.1 Å². The van der Waals surface area contributed by atoms with E-state index in [0.29, 0.717) is 12.1 Å². The van der Waals surface area contributed by atoms with E-state index in [-0.39, 0.29) is 6.10 Å². The maximum absolute atomic E-state index is 9.79. The van der Waals surface area contributed by atoms with Gasteiger partial charge in [-0.1, -0.05) is 0 Å². The van der Waals surface area contributed by atoms with Crippen molar-refractivity contribution in [2.24, 2.45) is 0 Å². The summed E-state index contributed by atoms with van der Waals surface area (Å²) in [6.45, 7) is 0. The van der Waals surface area contributed by atoms with E-state index in [2.05, 4.69) is 17.0 Å². The molecule has 2 unspecified atom stereocenters. The minimum Gasteiger partial charge on any atom is -0.497 e. The zero-order chi connectivity index (χ0) is 11.8. The first-order valence-electron chi connectivity index (χ1n) is 6.38. The smallest absolute Gasteiger partial charge is 0.119 e. The molecule has 2 heterocycles. The highest BCUT2D eigenvalue weighted by molar-refractivity contribution is 5.52. The second kappa shape index (κ2) is 4.22. The summed E-state index contributed by atoms with van der Waals surface area (Å²) in [5.41, 5.74) is 1.27. The fourth-order valence-electron chi connectivity index (χ4n) is 3.32. The van der Waals surface area contributed by atoms with Gasteiger partial charge >= 0.3 is 0 Å². The number of aliphatic hydroxyl groups is 1. The Morgan fingerprint density at radius 3 is 2.24 bits per heavy atom. The summed E-state index contributed by atoms with van der Waals surface area (Å²) in [7, 11) is 1.69. The third kappa shape index (κ3) is 1.89. The van der Waals surface area contributed by atoms with Crippen LogP contribution in [0.3, 0.4) is 0 Å². The van der Waals surface area contributed by atoms with Crippen LogP contribution < -0.4 is 9.64 Å². The highest BCUT2D eigenvalue weighted by atomic mass is 16.5. The second-order valence-electron chi connectivity index (χ2n) is 5.12. The largest absolute Gasteiger partial charge is 0.497 e. The summed E-state index contributed by atoms with van der Waals surface area (Å²) in [6, 6.07) is 9.33. The molecule has 2 aliphatic heterocycles. The lowest BCUT2D eigenvalue weighted by atomic mass is 9.99. The first-order chi connectivity index (χ1) is 8.28. The quantitative estimate of drug-likeness (QED) is 0.850. The molecule has 3 rings (SSSR count). The summed E-state index contributed by atoms with van der Waals surface area (Å²) in [4.78, 5) is 2.49. The Bertz CT molecular complexity index is 376. The zero-order valence-electron chi connectivity index (χ0n) is 10.2. The van der Waals surface area contributed by atoms with Crippen LogP contribution in [-0.4, -0.2) is 30.4 Å². The molecule has 0 amide bonds. The van der Waals surface area contributed by atoms with Crippen molar-refractivity contribution in [3.8, 4) is 5.75 Å². The first kappa shape index (κ1) is 10.9. The average molecular weight is 233 g/mol. The standard InChI is InChI=1S/C14H19NO2/c1-17-14-6-4-10(5-7-14)15-11-2-3-12(15)9-13(16)8-11/h4-7,11-13,16H,2-3,8-9H2,1H3. The van der Waals surface area contributed by atoms with Crippen LogP contribution in [0.5, 0.6) is 5.75 Å². The lowest BCUT2D eigenvalue weighted by Crippen LogP contribution is -2.44. The van der Waals surface area contributed by atoms with E-state index in [9.17, 15) is 5.11 Å². The third-order valence-corrected chi connectivity index (χ3v) is 4.08. The molecule has 1 N–H and O–H groups in total. The van der Waals surface area contributed by atoms with Crippen LogP contribution in [-0.2, 0) is 0 Å². The van der Waals surface area contributed by atoms with Gasteiger partial charge in [0.1, 0.15) is 5.75 Å². The molecular weight excluding hydrogens is 214 g/mol. The highest BCUT2D eigenvalue weighted by Crippen LogP contribution is 2.39. The summed E-state index contributed by atoms with van der Waals surface area (Å²) < 4.78 is 5.18. The molecule has 3 heteroatoms. The minimum atomic E-state index is -0.0954. The van der Waals surface area contributed by atoms with Gasteiger partial charge in [0.05, 0.1) is 13.2 Å². The van der Waals surface area contributed by atoms with Crippen molar-refractivity contribution in [1.29, 1.82) is 0 Å². The predicted octanol–water partition coefficient (Wildman–Crippen LogP) is 2.19. The molecule has 0 spiro atoms. The van der Waals surface area contributed by atoms with Gasteiger partial charge in [-0.3, -0.25) is 0 Å². The maximum Gasteiger partial charge on any atom is 0.119 e. The van der Waals surface area contributed by atoms with Gasteiger partial charge in [0.15, 0.2) is 0 Å². The third-order valence-electron chi connectivity index (χ3n) is 4.08. The molecule has 92 valence electrons. The molecule has 0 aliphatic carbocycles. The summed E-state index contributed by atoms with van der Waals surface area (Å²) in [5.74, 6) is 0.901. The van der Waals surface area contributed by atoms with Crippen molar-refractivity contribution < 1.29 is 9.84 Å². The Hall–Kier alpha value is -1.22. The number of hydrogen-bond donors (Lipinski definition) is 1. The Morgan fingerprint density at radius 2 is 1.71 bits per heavy atom. The minimum absolute atomic E-state index is 0.0954. The number of anilines is 1. The molecule has 0 saturated carbocycles. The van der Waals surface area contributed by atoms with E-state index < -0.39 is 0 Å². The first-order valence-corrected chi connectivity index (χ1v) is 6.38. The number of aliphatic hydroxyl groups excluding tert-OH is 1. The van der Waals surface area contributed by atoms with Crippen LogP contribution in [0.2, 0.25) is 0 Å². The molecule has 2 saturated heterocycles. The van der Waals surface area contributed by atoms with Gasteiger partial charge in [0, 0.05) is 17.8 Å². The lowest BCUT2D eigenvalue weighted by molar-refractivity contribution is 0.126. The Labute approximate surface area is 102 Å².